The number of rotatable bonds is 5. The lowest BCUT2D eigenvalue weighted by molar-refractivity contribution is -0.299. The second-order valence-corrected chi connectivity index (χ2v) is 4.40. The van der Waals surface area contributed by atoms with Crippen molar-refractivity contribution in [1.29, 1.82) is 0 Å². The average Bonchev–Trinajstić information content (AvgIpc) is 2.40. The van der Waals surface area contributed by atoms with Crippen LogP contribution < -0.4 is 0 Å². The predicted octanol–water partition coefficient (Wildman–Crippen LogP) is 0.514. The molecule has 1 atom stereocenters. The summed E-state index contributed by atoms with van der Waals surface area (Å²) < 4.78 is 15.4. The summed E-state index contributed by atoms with van der Waals surface area (Å²) in [7, 11) is 2.75. The summed E-state index contributed by atoms with van der Waals surface area (Å²) in [6.45, 7) is 1.73. The molecule has 1 saturated carbocycles. The number of nitrogens with zero attached hydrogens (tertiary/aromatic N) is 2. The zero-order chi connectivity index (χ0) is 14.5. The van der Waals surface area contributed by atoms with Crippen LogP contribution in [0.25, 0.3) is 5.53 Å². The van der Waals surface area contributed by atoms with Crippen molar-refractivity contribution < 1.29 is 28.9 Å². The van der Waals surface area contributed by atoms with Crippen LogP contribution >= 0.6 is 0 Å². The molecular weight excluding hydrogens is 252 g/mol. The highest BCUT2D eigenvalue weighted by Crippen LogP contribution is 2.41. The maximum atomic E-state index is 11.8. The van der Waals surface area contributed by atoms with Crippen LogP contribution in [0.2, 0.25) is 0 Å². The maximum absolute atomic E-state index is 11.8. The largest absolute Gasteiger partial charge is 0.457 e. The Morgan fingerprint density at radius 1 is 1.32 bits per heavy atom. The number of carbonyl (C=O) groups excluding carboxylic acids is 1. The molecule has 1 unspecified atom stereocenters. The van der Waals surface area contributed by atoms with Gasteiger partial charge in [-0.15, -0.1) is 0 Å². The van der Waals surface area contributed by atoms with Crippen LogP contribution in [-0.2, 0) is 19.0 Å². The molecule has 0 heterocycles. The number of methoxy groups -OCH3 is 2. The molecule has 7 nitrogen and oxygen atoms in total. The van der Waals surface area contributed by atoms with Crippen molar-refractivity contribution in [3.63, 3.8) is 0 Å². The highest BCUT2D eigenvalue weighted by molar-refractivity contribution is 6.37. The van der Waals surface area contributed by atoms with E-state index in [2.05, 4.69) is 4.79 Å². The molecule has 19 heavy (non-hydrogen) atoms. The lowest BCUT2D eigenvalue weighted by Crippen LogP contribution is -2.65. The third-order valence-electron chi connectivity index (χ3n) is 3.54. The Hall–Kier alpha value is -1.27. The molecule has 0 amide bonds. The van der Waals surface area contributed by atoms with Gasteiger partial charge in [0, 0.05) is 20.6 Å². The monoisotopic (exact) mass is 272 g/mol. The van der Waals surface area contributed by atoms with E-state index in [-0.39, 0.29) is 13.0 Å². The van der Waals surface area contributed by atoms with Gasteiger partial charge in [0.15, 0.2) is 0 Å². The van der Waals surface area contributed by atoms with Crippen molar-refractivity contribution in [2.24, 2.45) is 0 Å². The standard InChI is InChI=1S/C12H20N2O5/c1-4-19-10(15)9(14-13)11(16)7-5-6-8-12(11,17-2)18-3/h16H,4-8H2,1-3H3. The molecule has 1 aliphatic carbocycles. The SMILES string of the molecule is CCOC(=O)C(=[N+]=[N-])C1(O)CCCCC1(OC)OC. The molecule has 0 aromatic heterocycles. The summed E-state index contributed by atoms with van der Waals surface area (Å²) in [4.78, 5) is 14.7. The normalized spacial score (nSPS) is 25.5. The first-order valence-corrected chi connectivity index (χ1v) is 6.23. The highest BCUT2D eigenvalue weighted by atomic mass is 16.7. The molecule has 7 heteroatoms. The van der Waals surface area contributed by atoms with Crippen molar-refractivity contribution in [2.75, 3.05) is 20.8 Å². The summed E-state index contributed by atoms with van der Waals surface area (Å²) in [6, 6.07) is 0. The van der Waals surface area contributed by atoms with Crippen LogP contribution in [0.1, 0.15) is 32.6 Å². The van der Waals surface area contributed by atoms with Crippen molar-refractivity contribution in [1.82, 2.24) is 0 Å². The van der Waals surface area contributed by atoms with E-state index in [0.29, 0.717) is 12.8 Å². The molecule has 1 rings (SSSR count). The van der Waals surface area contributed by atoms with Crippen LogP contribution in [-0.4, -0.2) is 53.8 Å². The molecule has 1 aliphatic rings. The van der Waals surface area contributed by atoms with E-state index >= 15 is 0 Å². The molecule has 1 fully saturated rings. The quantitative estimate of drug-likeness (QED) is 0.258. The summed E-state index contributed by atoms with van der Waals surface area (Å²) in [5, 5.41) is 10.8. The Labute approximate surface area is 112 Å². The van der Waals surface area contributed by atoms with Crippen molar-refractivity contribution >= 4 is 11.7 Å². The minimum atomic E-state index is -1.84. The van der Waals surface area contributed by atoms with Crippen molar-refractivity contribution in [3.8, 4) is 0 Å². The first-order chi connectivity index (χ1) is 9.01. The molecule has 0 aromatic rings. The smallest absolute Gasteiger partial charge is 0.420 e. The first-order valence-electron chi connectivity index (χ1n) is 6.23. The van der Waals surface area contributed by atoms with Gasteiger partial charge in [-0.1, -0.05) is 0 Å². The first kappa shape index (κ1) is 15.8. The molecule has 0 saturated heterocycles. The fourth-order valence-corrected chi connectivity index (χ4v) is 2.55. The summed E-state index contributed by atoms with van der Waals surface area (Å²) in [5.74, 6) is -2.30. The van der Waals surface area contributed by atoms with Gasteiger partial charge in [-0.25, -0.2) is 4.79 Å². The molecule has 0 radical (unpaired) electrons. The van der Waals surface area contributed by atoms with Gasteiger partial charge in [-0.2, -0.15) is 4.79 Å². The molecule has 0 bridgehead atoms. The minimum Gasteiger partial charge on any atom is -0.457 e. The van der Waals surface area contributed by atoms with Crippen molar-refractivity contribution in [3.05, 3.63) is 5.53 Å². The third kappa shape index (κ3) is 2.55. The van der Waals surface area contributed by atoms with E-state index in [4.69, 9.17) is 19.7 Å². The van der Waals surface area contributed by atoms with Gasteiger partial charge in [0.2, 0.25) is 11.4 Å². The maximum Gasteiger partial charge on any atom is 0.420 e. The van der Waals surface area contributed by atoms with Crippen LogP contribution in [0, 0.1) is 0 Å². The summed E-state index contributed by atoms with van der Waals surface area (Å²) >= 11 is 0. The Morgan fingerprint density at radius 3 is 2.37 bits per heavy atom. The molecular formula is C12H20N2O5. The van der Waals surface area contributed by atoms with E-state index in [1.807, 2.05) is 0 Å². The minimum absolute atomic E-state index is 0.112. The second-order valence-electron chi connectivity index (χ2n) is 4.40. The number of hydrogen-bond acceptors (Lipinski definition) is 5. The van der Waals surface area contributed by atoms with Crippen LogP contribution in [0.5, 0.6) is 0 Å². The fraction of sp³-hybridized carbons (Fsp3) is 0.833. The fourth-order valence-electron chi connectivity index (χ4n) is 2.55. The number of hydrogen-bond donors (Lipinski definition) is 1. The Balaban J connectivity index is 3.23. The zero-order valence-electron chi connectivity index (χ0n) is 11.5. The molecule has 108 valence electrons. The lowest BCUT2D eigenvalue weighted by Gasteiger charge is -2.44. The number of esters is 1. The predicted molar refractivity (Wildman–Crippen MR) is 65.4 cm³/mol. The van der Waals surface area contributed by atoms with Gasteiger partial charge in [-0.05, 0) is 26.2 Å². The van der Waals surface area contributed by atoms with Gasteiger partial charge in [0.05, 0.1) is 6.61 Å². The number of aliphatic hydroxyl groups is 1. The van der Waals surface area contributed by atoms with Gasteiger partial charge in [-0.3, -0.25) is 0 Å². The van der Waals surface area contributed by atoms with Crippen LogP contribution in [0.15, 0.2) is 0 Å². The second kappa shape index (κ2) is 6.25. The highest BCUT2D eigenvalue weighted by Gasteiger charge is 2.63. The molecule has 0 aliphatic heterocycles. The van der Waals surface area contributed by atoms with Gasteiger partial charge in [0.25, 0.3) is 0 Å². The van der Waals surface area contributed by atoms with E-state index in [9.17, 15) is 9.90 Å². The summed E-state index contributed by atoms with van der Waals surface area (Å²) in [6.07, 6.45) is 2.00. The van der Waals surface area contributed by atoms with Crippen LogP contribution in [0.3, 0.4) is 0 Å². The third-order valence-corrected chi connectivity index (χ3v) is 3.54. The summed E-state index contributed by atoms with van der Waals surface area (Å²) in [5.41, 5.74) is 6.75. The van der Waals surface area contributed by atoms with Crippen molar-refractivity contribution in [2.45, 2.75) is 44.0 Å². The van der Waals surface area contributed by atoms with E-state index in [1.165, 1.54) is 14.2 Å². The van der Waals surface area contributed by atoms with Crippen LogP contribution in [0.4, 0.5) is 0 Å². The average molecular weight is 272 g/mol. The van der Waals surface area contributed by atoms with Gasteiger partial charge < -0.3 is 24.8 Å². The Morgan fingerprint density at radius 2 is 1.89 bits per heavy atom. The van der Waals surface area contributed by atoms with Gasteiger partial charge >= 0.3 is 11.7 Å². The molecule has 0 spiro atoms. The Kier molecular flexibility index (Phi) is 5.20. The number of carbonyl (C=O) groups is 1. The van der Waals surface area contributed by atoms with Gasteiger partial charge in [0.1, 0.15) is 0 Å². The van der Waals surface area contributed by atoms with E-state index in [0.717, 1.165) is 6.42 Å². The molecule has 0 aromatic carbocycles. The lowest BCUT2D eigenvalue weighted by atomic mass is 9.75. The Bertz CT molecular complexity index is 388. The molecule has 1 N–H and O–H groups in total. The van der Waals surface area contributed by atoms with E-state index < -0.39 is 23.1 Å². The number of ether oxygens (including phenoxy) is 3. The van der Waals surface area contributed by atoms with E-state index in [1.54, 1.807) is 6.92 Å². The topological polar surface area (TPSA) is 101 Å². The zero-order valence-corrected chi connectivity index (χ0v) is 11.5.